The smallest absolute Gasteiger partial charge is 0.230 e. The van der Waals surface area contributed by atoms with Gasteiger partial charge < -0.3 is 10.4 Å². The standard InChI is InChI=1S/C17H22BrNO2/c18-14-7-5-13(6-8-14)17(9-10-17)16(21)19-15-4-2-1-3-12(15)11-20/h5-8,12,15,20H,1-4,9-11H2,(H,19,21). The number of hydrogen-bond acceptors (Lipinski definition) is 2. The molecule has 2 saturated carbocycles. The van der Waals surface area contributed by atoms with Crippen molar-refractivity contribution < 1.29 is 9.90 Å². The molecule has 114 valence electrons. The van der Waals surface area contributed by atoms with Crippen LogP contribution in [-0.2, 0) is 10.2 Å². The number of halogens is 1. The molecule has 0 aliphatic heterocycles. The lowest BCUT2D eigenvalue weighted by Crippen LogP contribution is -2.47. The van der Waals surface area contributed by atoms with Crippen molar-refractivity contribution in [2.75, 3.05) is 6.61 Å². The number of benzene rings is 1. The minimum absolute atomic E-state index is 0.143. The van der Waals surface area contributed by atoms with Crippen LogP contribution < -0.4 is 5.32 Å². The molecular weight excluding hydrogens is 330 g/mol. The third-order valence-electron chi connectivity index (χ3n) is 5.04. The Balaban J connectivity index is 1.71. The number of rotatable bonds is 4. The average molecular weight is 352 g/mol. The van der Waals surface area contributed by atoms with Crippen LogP contribution in [0.25, 0.3) is 0 Å². The Morgan fingerprint density at radius 2 is 1.90 bits per heavy atom. The molecule has 3 rings (SSSR count). The molecule has 4 heteroatoms. The van der Waals surface area contributed by atoms with Crippen LogP contribution >= 0.6 is 15.9 Å². The highest BCUT2D eigenvalue weighted by molar-refractivity contribution is 9.10. The third-order valence-corrected chi connectivity index (χ3v) is 5.57. The number of amides is 1. The number of carbonyl (C=O) groups excluding carboxylic acids is 1. The lowest BCUT2D eigenvalue weighted by Gasteiger charge is -2.32. The number of nitrogens with one attached hydrogen (secondary N) is 1. The summed E-state index contributed by atoms with van der Waals surface area (Å²) in [5.41, 5.74) is 0.789. The molecule has 2 atom stereocenters. The second kappa shape index (κ2) is 6.09. The van der Waals surface area contributed by atoms with E-state index in [0.717, 1.165) is 48.6 Å². The highest BCUT2D eigenvalue weighted by atomic mass is 79.9. The van der Waals surface area contributed by atoms with Crippen LogP contribution in [0, 0.1) is 5.92 Å². The summed E-state index contributed by atoms with van der Waals surface area (Å²) in [6.45, 7) is 0.177. The molecule has 2 aliphatic carbocycles. The van der Waals surface area contributed by atoms with Crippen LogP contribution in [0.15, 0.2) is 28.7 Å². The maximum atomic E-state index is 12.7. The fourth-order valence-corrected chi connectivity index (χ4v) is 3.73. The van der Waals surface area contributed by atoms with Gasteiger partial charge in [0.25, 0.3) is 0 Å². The molecule has 2 fully saturated rings. The van der Waals surface area contributed by atoms with Crippen molar-refractivity contribution in [1.82, 2.24) is 5.32 Å². The van der Waals surface area contributed by atoms with E-state index in [4.69, 9.17) is 0 Å². The molecule has 1 aromatic carbocycles. The first-order valence-electron chi connectivity index (χ1n) is 7.83. The number of aliphatic hydroxyl groups excluding tert-OH is 1. The third kappa shape index (κ3) is 3.02. The topological polar surface area (TPSA) is 49.3 Å². The average Bonchev–Trinajstić information content (AvgIpc) is 3.30. The molecule has 2 unspecified atom stereocenters. The zero-order valence-corrected chi connectivity index (χ0v) is 13.7. The molecule has 1 amide bonds. The van der Waals surface area contributed by atoms with Crippen molar-refractivity contribution in [3.05, 3.63) is 34.3 Å². The molecule has 3 nitrogen and oxygen atoms in total. The molecule has 0 saturated heterocycles. The molecule has 21 heavy (non-hydrogen) atoms. The van der Waals surface area contributed by atoms with Gasteiger partial charge in [0.05, 0.1) is 5.41 Å². The van der Waals surface area contributed by atoms with E-state index < -0.39 is 0 Å². The van der Waals surface area contributed by atoms with Gasteiger partial charge in [-0.25, -0.2) is 0 Å². The largest absolute Gasteiger partial charge is 0.396 e. The van der Waals surface area contributed by atoms with E-state index in [1.165, 1.54) is 0 Å². The summed E-state index contributed by atoms with van der Waals surface area (Å²) >= 11 is 3.44. The van der Waals surface area contributed by atoms with Gasteiger partial charge in [-0.05, 0) is 43.4 Å². The molecular formula is C17H22BrNO2. The second-order valence-corrected chi connectivity index (χ2v) is 7.31. The monoisotopic (exact) mass is 351 g/mol. The quantitative estimate of drug-likeness (QED) is 0.875. The van der Waals surface area contributed by atoms with Gasteiger partial charge in [0.15, 0.2) is 0 Å². The van der Waals surface area contributed by atoms with Crippen LogP contribution in [0.1, 0.15) is 44.1 Å². The van der Waals surface area contributed by atoms with E-state index >= 15 is 0 Å². The van der Waals surface area contributed by atoms with Crippen LogP contribution in [0.2, 0.25) is 0 Å². The van der Waals surface area contributed by atoms with Crippen molar-refractivity contribution in [3.8, 4) is 0 Å². The van der Waals surface area contributed by atoms with Crippen LogP contribution in [0.4, 0.5) is 0 Å². The summed E-state index contributed by atoms with van der Waals surface area (Å²) in [7, 11) is 0. The van der Waals surface area contributed by atoms with E-state index in [0.29, 0.717) is 0 Å². The van der Waals surface area contributed by atoms with Gasteiger partial charge in [-0.1, -0.05) is 40.9 Å². The highest BCUT2D eigenvalue weighted by Gasteiger charge is 2.51. The predicted octanol–water partition coefficient (Wildman–Crippen LogP) is 3.15. The van der Waals surface area contributed by atoms with Gasteiger partial charge in [-0.2, -0.15) is 0 Å². The maximum Gasteiger partial charge on any atom is 0.230 e. The Morgan fingerprint density at radius 1 is 1.24 bits per heavy atom. The van der Waals surface area contributed by atoms with Crippen molar-refractivity contribution in [2.45, 2.75) is 50.0 Å². The predicted molar refractivity (Wildman–Crippen MR) is 86.0 cm³/mol. The Labute approximate surface area is 134 Å². The highest BCUT2D eigenvalue weighted by Crippen LogP contribution is 2.48. The van der Waals surface area contributed by atoms with Crippen molar-refractivity contribution >= 4 is 21.8 Å². The molecule has 0 aromatic heterocycles. The van der Waals surface area contributed by atoms with E-state index in [2.05, 4.69) is 21.2 Å². The number of carbonyl (C=O) groups is 1. The van der Waals surface area contributed by atoms with Crippen LogP contribution in [0.3, 0.4) is 0 Å². The van der Waals surface area contributed by atoms with Gasteiger partial charge >= 0.3 is 0 Å². The molecule has 2 N–H and O–H groups in total. The van der Waals surface area contributed by atoms with Gasteiger partial charge in [-0.3, -0.25) is 4.79 Å². The van der Waals surface area contributed by atoms with Crippen LogP contribution in [0.5, 0.6) is 0 Å². The lowest BCUT2D eigenvalue weighted by atomic mass is 9.84. The zero-order chi connectivity index (χ0) is 14.9. The SMILES string of the molecule is O=C(NC1CCCCC1CO)C1(c2ccc(Br)cc2)CC1. The first kappa shape index (κ1) is 15.0. The zero-order valence-electron chi connectivity index (χ0n) is 12.1. The summed E-state index contributed by atoms with van der Waals surface area (Å²) in [6.07, 6.45) is 6.18. The molecule has 1 aromatic rings. The first-order chi connectivity index (χ1) is 10.2. The fourth-order valence-electron chi connectivity index (χ4n) is 3.46. The van der Waals surface area contributed by atoms with Crippen molar-refractivity contribution in [2.24, 2.45) is 5.92 Å². The van der Waals surface area contributed by atoms with Gasteiger partial charge in [-0.15, -0.1) is 0 Å². The Hall–Kier alpha value is -0.870. The summed E-state index contributed by atoms with van der Waals surface area (Å²) < 4.78 is 1.04. The second-order valence-electron chi connectivity index (χ2n) is 6.40. The summed E-state index contributed by atoms with van der Waals surface area (Å²) in [4.78, 5) is 12.7. The minimum Gasteiger partial charge on any atom is -0.396 e. The van der Waals surface area contributed by atoms with Crippen LogP contribution in [-0.4, -0.2) is 23.7 Å². The molecule has 0 heterocycles. The van der Waals surface area contributed by atoms with Crippen molar-refractivity contribution in [1.29, 1.82) is 0 Å². The fraction of sp³-hybridized carbons (Fsp3) is 0.588. The maximum absolute atomic E-state index is 12.7. The van der Waals surface area contributed by atoms with Gasteiger partial charge in [0.2, 0.25) is 5.91 Å². The van der Waals surface area contributed by atoms with E-state index in [1.54, 1.807) is 0 Å². The normalized spacial score (nSPS) is 27.1. The number of aliphatic hydroxyl groups is 1. The summed E-state index contributed by atoms with van der Waals surface area (Å²) in [5.74, 6) is 0.374. The molecule has 2 aliphatic rings. The Bertz CT molecular complexity index is 510. The van der Waals surface area contributed by atoms with E-state index in [-0.39, 0.29) is 29.9 Å². The van der Waals surface area contributed by atoms with Crippen molar-refractivity contribution in [3.63, 3.8) is 0 Å². The molecule has 0 bridgehead atoms. The lowest BCUT2D eigenvalue weighted by molar-refractivity contribution is -0.125. The summed E-state index contributed by atoms with van der Waals surface area (Å²) in [6, 6.07) is 8.23. The molecule has 0 radical (unpaired) electrons. The minimum atomic E-state index is -0.321. The Morgan fingerprint density at radius 3 is 2.52 bits per heavy atom. The Kier molecular flexibility index (Phi) is 4.36. The van der Waals surface area contributed by atoms with E-state index in [9.17, 15) is 9.90 Å². The number of hydrogen-bond donors (Lipinski definition) is 2. The molecule has 0 spiro atoms. The van der Waals surface area contributed by atoms with Gasteiger partial charge in [0.1, 0.15) is 0 Å². The summed E-state index contributed by atoms with van der Waals surface area (Å²) in [5, 5.41) is 12.7. The van der Waals surface area contributed by atoms with E-state index in [1.807, 2.05) is 24.3 Å². The first-order valence-corrected chi connectivity index (χ1v) is 8.63. The van der Waals surface area contributed by atoms with Gasteiger partial charge in [0, 0.05) is 23.0 Å².